The Morgan fingerprint density at radius 1 is 0.929 bits per heavy atom. The van der Waals surface area contributed by atoms with Gasteiger partial charge in [0, 0.05) is 3.57 Å². The average molecular weight is 520 g/mol. The van der Waals surface area contributed by atoms with Crippen LogP contribution in [0.5, 0.6) is 0 Å². The summed E-state index contributed by atoms with van der Waals surface area (Å²) < 4.78 is 1.96. The first-order valence-electron chi connectivity index (χ1n) is 10.8. The van der Waals surface area contributed by atoms with Crippen molar-refractivity contribution in [2.45, 2.75) is 70.6 Å². The molecular formula is C23H40INO2P+. The highest BCUT2D eigenvalue weighted by Crippen LogP contribution is 2.18. The number of halogens is 1. The standard InChI is InChI=1S/C23H39INO2P/c1-25(2,3)20-23(26)28(27)18-13-11-9-7-5-4-6-8-10-12-15-21-16-14-17-22(24)19-21/h14,16-17,19H,4-13,15,18,20H2,1-3H3/p+1. The summed E-state index contributed by atoms with van der Waals surface area (Å²) in [6.07, 6.45) is 14.5. The number of aryl methyl sites for hydroxylation is 1. The van der Waals surface area contributed by atoms with E-state index < -0.39 is 7.77 Å². The van der Waals surface area contributed by atoms with Crippen LogP contribution in [-0.2, 0) is 6.42 Å². The number of nitrogens with zero attached hydrogens (tertiary/aromatic N) is 1. The smallest absolute Gasteiger partial charge is 0.273 e. The number of benzene rings is 1. The molecule has 1 rings (SSSR count). The van der Waals surface area contributed by atoms with Crippen molar-refractivity contribution in [1.82, 2.24) is 0 Å². The van der Waals surface area contributed by atoms with Gasteiger partial charge in [-0.2, -0.15) is 0 Å². The Bertz CT molecular complexity index is 584. The predicted molar refractivity (Wildman–Crippen MR) is 131 cm³/mol. The zero-order chi connectivity index (χ0) is 20.8. The van der Waals surface area contributed by atoms with Gasteiger partial charge in [0.25, 0.3) is 5.48 Å². The number of aliphatic hydroxyl groups is 1. The maximum Gasteiger partial charge on any atom is 0.273 e. The highest BCUT2D eigenvalue weighted by atomic mass is 127. The van der Waals surface area contributed by atoms with Gasteiger partial charge in [-0.1, -0.05) is 57.1 Å². The number of unbranched alkanes of at least 4 members (excludes halogenated alkanes) is 9. The minimum atomic E-state index is -1.56. The molecule has 0 heterocycles. The van der Waals surface area contributed by atoms with E-state index in [-0.39, 0.29) is 5.48 Å². The van der Waals surface area contributed by atoms with Crippen LogP contribution in [0.2, 0.25) is 0 Å². The Morgan fingerprint density at radius 3 is 2.00 bits per heavy atom. The summed E-state index contributed by atoms with van der Waals surface area (Å²) in [6, 6.07) is 8.84. The van der Waals surface area contributed by atoms with Crippen molar-refractivity contribution >= 4 is 35.8 Å². The van der Waals surface area contributed by atoms with Crippen LogP contribution in [0.25, 0.3) is 0 Å². The molecule has 0 bridgehead atoms. The van der Waals surface area contributed by atoms with Crippen molar-refractivity contribution in [3.05, 3.63) is 33.4 Å². The van der Waals surface area contributed by atoms with Gasteiger partial charge in [0.1, 0.15) is 6.16 Å². The van der Waals surface area contributed by atoms with E-state index in [1.807, 2.05) is 21.1 Å². The van der Waals surface area contributed by atoms with Crippen molar-refractivity contribution in [2.75, 3.05) is 33.8 Å². The van der Waals surface area contributed by atoms with E-state index in [1.165, 1.54) is 66.9 Å². The number of hydrogen-bond donors (Lipinski definition) is 1. The Labute approximate surface area is 187 Å². The van der Waals surface area contributed by atoms with Crippen molar-refractivity contribution in [2.24, 2.45) is 0 Å². The third kappa shape index (κ3) is 14.1. The van der Waals surface area contributed by atoms with Gasteiger partial charge in [-0.25, -0.2) is 0 Å². The van der Waals surface area contributed by atoms with Crippen molar-refractivity contribution < 1.29 is 14.5 Å². The van der Waals surface area contributed by atoms with E-state index in [4.69, 9.17) is 0 Å². The largest absolute Gasteiger partial charge is 0.629 e. The fourth-order valence-corrected chi connectivity index (χ4v) is 5.28. The molecule has 1 aromatic rings. The molecule has 1 N–H and O–H groups in total. The molecule has 0 saturated heterocycles. The van der Waals surface area contributed by atoms with Gasteiger partial charge in [0.05, 0.1) is 28.9 Å². The second-order valence-electron chi connectivity index (χ2n) is 8.88. The van der Waals surface area contributed by atoms with E-state index in [1.54, 1.807) is 0 Å². The van der Waals surface area contributed by atoms with E-state index in [0.29, 0.717) is 17.2 Å². The van der Waals surface area contributed by atoms with Gasteiger partial charge in [-0.3, -0.25) is 0 Å². The number of likely N-dealkylation sites (N-methyl/N-ethyl adjacent to an activating group) is 1. The summed E-state index contributed by atoms with van der Waals surface area (Å²) in [5, 5.41) is 9.91. The van der Waals surface area contributed by atoms with Crippen LogP contribution in [0.1, 0.15) is 69.8 Å². The summed E-state index contributed by atoms with van der Waals surface area (Å²) in [5.41, 5.74) is 1.65. The van der Waals surface area contributed by atoms with Gasteiger partial charge in [0.2, 0.25) is 0 Å². The molecule has 0 saturated carbocycles. The molecule has 160 valence electrons. The van der Waals surface area contributed by atoms with Crippen LogP contribution in [-0.4, -0.2) is 48.9 Å². The van der Waals surface area contributed by atoms with E-state index in [0.717, 1.165) is 12.8 Å². The van der Waals surface area contributed by atoms with Crippen LogP contribution in [0.4, 0.5) is 0 Å². The third-order valence-corrected chi connectivity index (χ3v) is 6.98. The summed E-state index contributed by atoms with van der Waals surface area (Å²) in [4.78, 5) is 12.0. The van der Waals surface area contributed by atoms with Gasteiger partial charge in [0.15, 0.2) is 6.54 Å². The lowest BCUT2D eigenvalue weighted by molar-refractivity contribution is -0.861. The normalized spacial score (nSPS) is 12.9. The zero-order valence-corrected chi connectivity index (χ0v) is 21.2. The van der Waals surface area contributed by atoms with E-state index >= 15 is 0 Å². The number of quaternary nitrogens is 1. The molecule has 0 aliphatic carbocycles. The molecule has 0 aromatic heterocycles. The molecular weight excluding hydrogens is 480 g/mol. The second kappa shape index (κ2) is 14.9. The highest BCUT2D eigenvalue weighted by molar-refractivity contribution is 14.1. The lowest BCUT2D eigenvalue weighted by atomic mass is 10.0. The molecule has 28 heavy (non-hydrogen) atoms. The molecule has 0 radical (unpaired) electrons. The Hall–Kier alpha value is -0.000000000000000111. The first-order chi connectivity index (χ1) is 13.3. The quantitative estimate of drug-likeness (QED) is 0.140. The van der Waals surface area contributed by atoms with Crippen molar-refractivity contribution in [3.63, 3.8) is 0 Å². The van der Waals surface area contributed by atoms with Crippen LogP contribution in [0.15, 0.2) is 24.3 Å². The average Bonchev–Trinajstić information content (AvgIpc) is 2.61. The maximum atomic E-state index is 12.0. The SMILES string of the molecule is C[N+](C)(C)CC(O)=[P+]([O-])CCCCCCCCCCCCc1cccc(I)c1. The molecule has 0 amide bonds. The monoisotopic (exact) mass is 520 g/mol. The van der Waals surface area contributed by atoms with E-state index in [2.05, 4.69) is 46.9 Å². The lowest BCUT2D eigenvalue weighted by Crippen LogP contribution is -2.39. The second-order valence-corrected chi connectivity index (χ2v) is 11.8. The molecule has 0 spiro atoms. The minimum Gasteiger partial charge on any atom is -0.629 e. The fraction of sp³-hybridized carbons (Fsp3) is 0.696. The van der Waals surface area contributed by atoms with Crippen LogP contribution < -0.4 is 4.89 Å². The summed E-state index contributed by atoms with van der Waals surface area (Å²) in [5.74, 6) is 0. The summed E-state index contributed by atoms with van der Waals surface area (Å²) in [7, 11) is 4.45. The highest BCUT2D eigenvalue weighted by Gasteiger charge is 2.16. The number of hydrogen-bond acceptors (Lipinski definition) is 1. The molecule has 5 heteroatoms. The molecule has 0 aliphatic rings. The fourth-order valence-electron chi connectivity index (χ4n) is 3.32. The number of aliphatic hydroxyl groups excluding tert-OH is 1. The molecule has 1 aromatic carbocycles. The van der Waals surface area contributed by atoms with Gasteiger partial charge < -0.3 is 14.5 Å². The molecule has 0 fully saturated rings. The molecule has 1 atom stereocenters. The summed E-state index contributed by atoms with van der Waals surface area (Å²) in [6.45, 7) is 0.486. The molecule has 1 unspecified atom stereocenters. The predicted octanol–water partition coefficient (Wildman–Crippen LogP) is 5.70. The number of rotatable bonds is 15. The third-order valence-electron chi connectivity index (χ3n) is 4.87. The van der Waals surface area contributed by atoms with Gasteiger partial charge in [-0.05, 0) is 66.0 Å². The van der Waals surface area contributed by atoms with Crippen molar-refractivity contribution in [1.29, 1.82) is 0 Å². The summed E-state index contributed by atoms with van der Waals surface area (Å²) >= 11 is 2.38. The zero-order valence-electron chi connectivity index (χ0n) is 18.1. The van der Waals surface area contributed by atoms with Gasteiger partial charge in [-0.15, -0.1) is 0 Å². The first-order valence-corrected chi connectivity index (χ1v) is 13.3. The van der Waals surface area contributed by atoms with E-state index in [9.17, 15) is 10.00 Å². The lowest BCUT2D eigenvalue weighted by Gasteiger charge is -2.22. The Morgan fingerprint density at radius 2 is 1.46 bits per heavy atom. The van der Waals surface area contributed by atoms with Crippen LogP contribution in [0.3, 0.4) is 0 Å². The van der Waals surface area contributed by atoms with Crippen molar-refractivity contribution in [3.8, 4) is 0 Å². The van der Waals surface area contributed by atoms with Crippen LogP contribution >= 0.6 is 30.4 Å². The first kappa shape index (κ1) is 26.0. The Balaban J connectivity index is 1.92. The minimum absolute atomic E-state index is 0.185. The topological polar surface area (TPSA) is 43.3 Å². The molecule has 0 aliphatic heterocycles. The molecule has 3 nitrogen and oxygen atoms in total. The van der Waals surface area contributed by atoms with Gasteiger partial charge >= 0.3 is 0 Å². The van der Waals surface area contributed by atoms with Crippen LogP contribution in [0, 0.1) is 3.57 Å². The Kier molecular flexibility index (Phi) is 13.9. The maximum absolute atomic E-state index is 12.0.